The van der Waals surface area contributed by atoms with E-state index < -0.39 is 35.8 Å². The maximum Gasteiger partial charge on any atom is 0.325 e. The summed E-state index contributed by atoms with van der Waals surface area (Å²) in [5.74, 6) is -1.42. The SMILES string of the molecule is COc1ccc([C@H](NC(=O)CN2CC(=O)NC2=O)C2CC(O)C2)cc1F. The summed E-state index contributed by atoms with van der Waals surface area (Å²) >= 11 is 0. The van der Waals surface area contributed by atoms with Gasteiger partial charge in [-0.15, -0.1) is 0 Å². The molecule has 0 radical (unpaired) electrons. The summed E-state index contributed by atoms with van der Waals surface area (Å²) in [5.41, 5.74) is 0.551. The minimum absolute atomic E-state index is 0.0456. The van der Waals surface area contributed by atoms with Gasteiger partial charge in [0.05, 0.1) is 19.3 Å². The summed E-state index contributed by atoms with van der Waals surface area (Å²) < 4.78 is 19.0. The molecule has 4 amide bonds. The number of carbonyl (C=O) groups is 3. The first-order chi connectivity index (χ1) is 12.4. The largest absolute Gasteiger partial charge is 0.494 e. The predicted octanol–water partition coefficient (Wildman–Crippen LogP) is 0.314. The van der Waals surface area contributed by atoms with Crippen molar-refractivity contribution in [1.29, 1.82) is 0 Å². The number of aliphatic hydroxyl groups excluding tert-OH is 1. The molecule has 3 N–H and O–H groups in total. The zero-order valence-electron chi connectivity index (χ0n) is 14.2. The number of aliphatic hydroxyl groups is 1. The molecule has 140 valence electrons. The number of methoxy groups -OCH3 is 1. The standard InChI is InChI=1S/C17H20FN3O5/c1-26-13-3-2-9(6-12(13)18)16(10-4-11(22)5-10)19-14(23)7-21-8-15(24)20-17(21)25/h2-3,6,10-11,16,22H,4-5,7-8H2,1H3,(H,19,23)(H,20,24,25)/t10?,11?,16-/m0/s1. The number of urea groups is 1. The first-order valence-electron chi connectivity index (χ1n) is 8.27. The molecule has 1 aromatic rings. The fourth-order valence-corrected chi connectivity index (χ4v) is 3.25. The first kappa shape index (κ1) is 18.1. The summed E-state index contributed by atoms with van der Waals surface area (Å²) in [6, 6.07) is 3.30. The van der Waals surface area contributed by atoms with Crippen LogP contribution in [0.25, 0.3) is 0 Å². The topological polar surface area (TPSA) is 108 Å². The highest BCUT2D eigenvalue weighted by Crippen LogP contribution is 2.38. The molecule has 0 bridgehead atoms. The lowest BCUT2D eigenvalue weighted by molar-refractivity contribution is -0.123. The third-order valence-corrected chi connectivity index (χ3v) is 4.68. The maximum absolute atomic E-state index is 14.0. The molecule has 1 aliphatic heterocycles. The van der Waals surface area contributed by atoms with Crippen molar-refractivity contribution < 1.29 is 28.6 Å². The molecular formula is C17H20FN3O5. The number of imide groups is 1. The van der Waals surface area contributed by atoms with Gasteiger partial charge in [0.25, 0.3) is 0 Å². The van der Waals surface area contributed by atoms with Crippen LogP contribution < -0.4 is 15.4 Å². The monoisotopic (exact) mass is 365 g/mol. The molecule has 1 saturated carbocycles. The highest BCUT2D eigenvalue weighted by molar-refractivity contribution is 6.03. The lowest BCUT2D eigenvalue weighted by Gasteiger charge is -2.38. The van der Waals surface area contributed by atoms with Crippen LogP contribution in [0.4, 0.5) is 9.18 Å². The third-order valence-electron chi connectivity index (χ3n) is 4.68. The van der Waals surface area contributed by atoms with Crippen LogP contribution in [0.2, 0.25) is 0 Å². The van der Waals surface area contributed by atoms with Gasteiger partial charge in [-0.25, -0.2) is 9.18 Å². The second-order valence-electron chi connectivity index (χ2n) is 6.53. The molecule has 1 aliphatic carbocycles. The van der Waals surface area contributed by atoms with E-state index in [1.165, 1.54) is 19.2 Å². The normalized spacial score (nSPS) is 23.3. The summed E-state index contributed by atoms with van der Waals surface area (Å²) in [6.07, 6.45) is 0.534. The van der Waals surface area contributed by atoms with Gasteiger partial charge in [0.1, 0.15) is 13.1 Å². The molecule has 0 spiro atoms. The van der Waals surface area contributed by atoms with Gasteiger partial charge in [-0.05, 0) is 36.5 Å². The molecule has 1 saturated heterocycles. The van der Waals surface area contributed by atoms with E-state index in [1.54, 1.807) is 6.07 Å². The number of ether oxygens (including phenoxy) is 1. The van der Waals surface area contributed by atoms with Crippen molar-refractivity contribution in [1.82, 2.24) is 15.5 Å². The van der Waals surface area contributed by atoms with Crippen LogP contribution in [-0.2, 0) is 9.59 Å². The number of carbonyl (C=O) groups excluding carboxylic acids is 3. The van der Waals surface area contributed by atoms with Crippen LogP contribution in [-0.4, -0.2) is 54.2 Å². The van der Waals surface area contributed by atoms with Crippen molar-refractivity contribution in [3.63, 3.8) is 0 Å². The van der Waals surface area contributed by atoms with E-state index in [4.69, 9.17) is 4.74 Å². The van der Waals surface area contributed by atoms with Gasteiger partial charge < -0.3 is 20.1 Å². The van der Waals surface area contributed by atoms with Crippen LogP contribution >= 0.6 is 0 Å². The van der Waals surface area contributed by atoms with Crippen molar-refractivity contribution >= 4 is 17.8 Å². The summed E-state index contributed by atoms with van der Waals surface area (Å²) in [4.78, 5) is 36.2. The molecule has 1 heterocycles. The van der Waals surface area contributed by atoms with E-state index in [0.717, 1.165) is 4.90 Å². The molecule has 0 unspecified atom stereocenters. The van der Waals surface area contributed by atoms with Crippen LogP contribution in [0.3, 0.4) is 0 Å². The quantitative estimate of drug-likeness (QED) is 0.629. The van der Waals surface area contributed by atoms with E-state index in [2.05, 4.69) is 10.6 Å². The molecule has 3 rings (SSSR count). The smallest absolute Gasteiger partial charge is 0.325 e. The van der Waals surface area contributed by atoms with Crippen molar-refractivity contribution in [2.75, 3.05) is 20.2 Å². The fraction of sp³-hybridized carbons (Fsp3) is 0.471. The summed E-state index contributed by atoms with van der Waals surface area (Å²) in [7, 11) is 1.36. The maximum atomic E-state index is 14.0. The number of nitrogens with zero attached hydrogens (tertiary/aromatic N) is 1. The molecule has 1 atom stereocenters. The second kappa shape index (κ2) is 7.28. The van der Waals surface area contributed by atoms with Crippen LogP contribution in [0.5, 0.6) is 5.75 Å². The number of amides is 4. The Kier molecular flexibility index (Phi) is 5.08. The molecule has 0 aromatic heterocycles. The Morgan fingerprint density at radius 1 is 1.46 bits per heavy atom. The average Bonchev–Trinajstić information content (AvgIpc) is 2.87. The van der Waals surface area contributed by atoms with Crippen LogP contribution in [0.15, 0.2) is 18.2 Å². The Bertz CT molecular complexity index is 735. The van der Waals surface area contributed by atoms with E-state index in [-0.39, 0.29) is 24.8 Å². The van der Waals surface area contributed by atoms with Gasteiger partial charge in [0.15, 0.2) is 11.6 Å². The van der Waals surface area contributed by atoms with Gasteiger partial charge in [0.2, 0.25) is 11.8 Å². The Labute approximate surface area is 149 Å². The van der Waals surface area contributed by atoms with E-state index in [9.17, 15) is 23.9 Å². The van der Waals surface area contributed by atoms with Gasteiger partial charge >= 0.3 is 6.03 Å². The number of halogens is 1. The third kappa shape index (κ3) is 3.77. The number of nitrogens with one attached hydrogen (secondary N) is 2. The second-order valence-corrected chi connectivity index (χ2v) is 6.53. The van der Waals surface area contributed by atoms with Crippen LogP contribution in [0, 0.1) is 11.7 Å². The highest BCUT2D eigenvalue weighted by atomic mass is 19.1. The Morgan fingerprint density at radius 2 is 2.19 bits per heavy atom. The average molecular weight is 365 g/mol. The fourth-order valence-electron chi connectivity index (χ4n) is 3.25. The molecule has 1 aromatic carbocycles. The number of hydrogen-bond acceptors (Lipinski definition) is 5. The van der Waals surface area contributed by atoms with Gasteiger partial charge in [-0.1, -0.05) is 6.07 Å². The number of rotatable bonds is 6. The summed E-state index contributed by atoms with van der Waals surface area (Å²) in [6.45, 7) is -0.446. The van der Waals surface area contributed by atoms with E-state index in [0.29, 0.717) is 18.4 Å². The minimum atomic E-state index is -0.615. The predicted molar refractivity (Wildman–Crippen MR) is 87.7 cm³/mol. The molecule has 2 fully saturated rings. The van der Waals surface area contributed by atoms with Gasteiger partial charge in [-0.3, -0.25) is 14.9 Å². The lowest BCUT2D eigenvalue weighted by Crippen LogP contribution is -2.45. The van der Waals surface area contributed by atoms with Gasteiger partial charge in [0, 0.05) is 0 Å². The molecule has 9 heteroatoms. The molecule has 2 aliphatic rings. The minimum Gasteiger partial charge on any atom is -0.494 e. The van der Waals surface area contributed by atoms with Crippen molar-refractivity contribution in [2.24, 2.45) is 5.92 Å². The van der Waals surface area contributed by atoms with Gasteiger partial charge in [-0.2, -0.15) is 0 Å². The zero-order valence-corrected chi connectivity index (χ0v) is 14.2. The Balaban J connectivity index is 1.72. The van der Waals surface area contributed by atoms with Crippen LogP contribution in [0.1, 0.15) is 24.4 Å². The highest BCUT2D eigenvalue weighted by Gasteiger charge is 2.37. The van der Waals surface area contributed by atoms with Crippen molar-refractivity contribution in [2.45, 2.75) is 25.0 Å². The van der Waals surface area contributed by atoms with E-state index >= 15 is 0 Å². The lowest BCUT2D eigenvalue weighted by atomic mass is 9.75. The Morgan fingerprint density at radius 3 is 2.73 bits per heavy atom. The number of benzene rings is 1. The van der Waals surface area contributed by atoms with Crippen molar-refractivity contribution in [3.8, 4) is 5.75 Å². The first-order valence-corrected chi connectivity index (χ1v) is 8.27. The zero-order chi connectivity index (χ0) is 18.8. The molecular weight excluding hydrogens is 345 g/mol. The molecule has 26 heavy (non-hydrogen) atoms. The number of hydrogen-bond donors (Lipinski definition) is 3. The molecule has 8 nitrogen and oxygen atoms in total. The Hall–Kier alpha value is -2.68. The van der Waals surface area contributed by atoms with E-state index in [1.807, 2.05) is 0 Å². The summed E-state index contributed by atoms with van der Waals surface area (Å²) in [5, 5.41) is 14.5. The van der Waals surface area contributed by atoms with Crippen molar-refractivity contribution in [3.05, 3.63) is 29.6 Å².